The number of hydrogen-bond donors (Lipinski definition) is 1. The largest absolute Gasteiger partial charge is 0.391 e. The van der Waals surface area contributed by atoms with Crippen LogP contribution in [0.1, 0.15) is 34.1 Å². The maximum atomic E-state index is 6.08. The zero-order valence-electron chi connectivity index (χ0n) is 9.80. The van der Waals surface area contributed by atoms with Crippen molar-refractivity contribution in [2.24, 2.45) is 5.73 Å². The van der Waals surface area contributed by atoms with Gasteiger partial charge < -0.3 is 14.6 Å². The fraction of sp³-hybridized carbons (Fsp3) is 0.800. The van der Waals surface area contributed by atoms with Gasteiger partial charge >= 0.3 is 8.56 Å². The van der Waals surface area contributed by atoms with Crippen molar-refractivity contribution in [1.29, 1.82) is 0 Å². The summed E-state index contributed by atoms with van der Waals surface area (Å²) in [6.45, 7) is 13.2. The molecule has 1 atom stereocenters. The molecule has 84 valence electrons. The van der Waals surface area contributed by atoms with Gasteiger partial charge in [0.25, 0.3) is 0 Å². The van der Waals surface area contributed by atoms with Gasteiger partial charge in [0.1, 0.15) is 0 Å². The first-order valence-corrected chi connectivity index (χ1v) is 7.13. The highest BCUT2D eigenvalue weighted by atomic mass is 28.4. The van der Waals surface area contributed by atoms with Gasteiger partial charge in [-0.3, -0.25) is 0 Å². The van der Waals surface area contributed by atoms with E-state index in [0.29, 0.717) is 13.2 Å². The lowest BCUT2D eigenvalue weighted by Gasteiger charge is -2.34. The molecule has 2 N–H and O–H groups in total. The fourth-order valence-electron chi connectivity index (χ4n) is 1.52. The van der Waals surface area contributed by atoms with Crippen LogP contribution < -0.4 is 5.73 Å². The molecule has 0 aromatic heterocycles. The van der Waals surface area contributed by atoms with Crippen LogP contribution in [0.15, 0.2) is 11.8 Å². The van der Waals surface area contributed by atoms with Crippen LogP contribution in [0, 0.1) is 0 Å². The van der Waals surface area contributed by atoms with Crippen LogP contribution in [-0.2, 0) is 8.85 Å². The Morgan fingerprint density at radius 2 is 1.71 bits per heavy atom. The van der Waals surface area contributed by atoms with E-state index >= 15 is 0 Å². The first kappa shape index (κ1) is 13.8. The molecule has 0 aliphatic heterocycles. The van der Waals surface area contributed by atoms with Crippen molar-refractivity contribution in [3.63, 3.8) is 0 Å². The number of hydrogen-bond acceptors (Lipinski definition) is 3. The lowest BCUT2D eigenvalue weighted by molar-refractivity contribution is 0.181. The summed E-state index contributed by atoms with van der Waals surface area (Å²) in [6.07, 6.45) is 0.860. The summed E-state index contributed by atoms with van der Waals surface area (Å²) in [4.78, 5) is 0. The highest BCUT2D eigenvalue weighted by Crippen LogP contribution is 2.21. The van der Waals surface area contributed by atoms with E-state index in [1.807, 2.05) is 27.7 Å². The third-order valence-electron chi connectivity index (χ3n) is 2.24. The Kier molecular flexibility index (Phi) is 6.27. The molecule has 14 heavy (non-hydrogen) atoms. The number of allylic oxidation sites excluding steroid dienone is 1. The van der Waals surface area contributed by atoms with Crippen molar-refractivity contribution < 1.29 is 8.85 Å². The Hall–Kier alpha value is -0.163. The van der Waals surface area contributed by atoms with Gasteiger partial charge in [-0.25, -0.2) is 0 Å². The van der Waals surface area contributed by atoms with E-state index in [1.54, 1.807) is 0 Å². The molecule has 0 bridgehead atoms. The van der Waals surface area contributed by atoms with E-state index in [4.69, 9.17) is 14.6 Å². The molecule has 0 aromatic rings. The van der Waals surface area contributed by atoms with Crippen LogP contribution in [0.2, 0.25) is 0 Å². The van der Waals surface area contributed by atoms with Crippen molar-refractivity contribution >= 4 is 8.56 Å². The van der Waals surface area contributed by atoms with Gasteiger partial charge in [-0.05, 0) is 32.4 Å². The molecular formula is C10H23NO2Si. The second-order valence-corrected chi connectivity index (χ2v) is 6.84. The van der Waals surface area contributed by atoms with Crippen molar-refractivity contribution in [2.75, 3.05) is 13.2 Å². The van der Waals surface area contributed by atoms with Crippen LogP contribution in [0.4, 0.5) is 0 Å². The molecule has 1 unspecified atom stereocenters. The van der Waals surface area contributed by atoms with Gasteiger partial charge in [0.05, 0.1) is 5.67 Å². The van der Waals surface area contributed by atoms with Crippen molar-refractivity contribution in [3.8, 4) is 0 Å². The molecular weight excluding hydrogens is 194 g/mol. The molecule has 0 rings (SSSR count). The van der Waals surface area contributed by atoms with Crippen LogP contribution in [0.25, 0.3) is 0 Å². The van der Waals surface area contributed by atoms with Crippen LogP contribution >= 0.6 is 0 Å². The number of rotatable bonds is 7. The summed E-state index contributed by atoms with van der Waals surface area (Å²) >= 11 is 0. The van der Waals surface area contributed by atoms with Gasteiger partial charge in [-0.1, -0.05) is 13.5 Å². The van der Waals surface area contributed by atoms with E-state index < -0.39 is 8.56 Å². The molecule has 0 aliphatic rings. The minimum absolute atomic E-state index is 0.0279. The topological polar surface area (TPSA) is 44.5 Å². The van der Waals surface area contributed by atoms with Crippen LogP contribution in [0.5, 0.6) is 0 Å². The van der Waals surface area contributed by atoms with Crippen molar-refractivity contribution in [3.05, 3.63) is 11.8 Å². The molecule has 4 heteroatoms. The second-order valence-electron chi connectivity index (χ2n) is 3.33. The van der Waals surface area contributed by atoms with E-state index in [9.17, 15) is 0 Å². The maximum Gasteiger partial charge on any atom is 0.384 e. The first-order chi connectivity index (χ1) is 6.55. The highest BCUT2D eigenvalue weighted by Gasteiger charge is 2.44. The zero-order valence-corrected chi connectivity index (χ0v) is 10.8. The van der Waals surface area contributed by atoms with Gasteiger partial charge in [-0.15, -0.1) is 0 Å². The average molecular weight is 217 g/mol. The lowest BCUT2D eigenvalue weighted by Crippen LogP contribution is -2.58. The predicted molar refractivity (Wildman–Crippen MR) is 62.1 cm³/mol. The second kappa shape index (κ2) is 6.34. The summed E-state index contributed by atoms with van der Waals surface area (Å²) < 4.78 is 11.6. The molecule has 0 spiro atoms. The summed E-state index contributed by atoms with van der Waals surface area (Å²) in [7, 11) is -2.39. The summed E-state index contributed by atoms with van der Waals surface area (Å²) in [5.41, 5.74) is 6.05. The molecule has 0 aromatic carbocycles. The van der Waals surface area contributed by atoms with Gasteiger partial charge in [0.15, 0.2) is 0 Å². The zero-order chi connectivity index (χ0) is 11.2. The minimum Gasteiger partial charge on any atom is -0.391 e. The normalized spacial score (nSPS) is 14.1. The maximum absolute atomic E-state index is 6.08. The van der Waals surface area contributed by atoms with E-state index in [1.165, 1.54) is 0 Å². The molecule has 0 heterocycles. The third kappa shape index (κ3) is 2.92. The smallest absolute Gasteiger partial charge is 0.384 e. The molecule has 0 fully saturated rings. The minimum atomic E-state index is -2.39. The molecule has 0 radical (unpaired) electrons. The van der Waals surface area contributed by atoms with Gasteiger partial charge in [-0.2, -0.15) is 0 Å². The van der Waals surface area contributed by atoms with E-state index in [0.717, 1.165) is 11.6 Å². The molecule has 0 amide bonds. The van der Waals surface area contributed by atoms with Crippen molar-refractivity contribution in [1.82, 2.24) is 0 Å². The molecule has 0 saturated carbocycles. The van der Waals surface area contributed by atoms with E-state index in [-0.39, 0.29) is 5.67 Å². The predicted octanol–water partition coefficient (Wildman–Crippen LogP) is 1.89. The van der Waals surface area contributed by atoms with Gasteiger partial charge in [0, 0.05) is 13.2 Å². The summed E-state index contributed by atoms with van der Waals surface area (Å²) in [5, 5.41) is 0.968. The quantitative estimate of drug-likeness (QED) is 0.662. The molecule has 0 aliphatic carbocycles. The Morgan fingerprint density at radius 1 is 1.29 bits per heavy atom. The average Bonchev–Trinajstić information content (AvgIpc) is 2.15. The monoisotopic (exact) mass is 217 g/mol. The molecule has 3 nitrogen and oxygen atoms in total. The van der Waals surface area contributed by atoms with Crippen molar-refractivity contribution in [2.45, 2.75) is 39.8 Å². The van der Waals surface area contributed by atoms with Gasteiger partial charge in [0.2, 0.25) is 0 Å². The molecule has 0 saturated heterocycles. The first-order valence-electron chi connectivity index (χ1n) is 5.24. The van der Waals surface area contributed by atoms with E-state index in [2.05, 4.69) is 6.58 Å². The van der Waals surface area contributed by atoms with Crippen LogP contribution in [0.3, 0.4) is 0 Å². The van der Waals surface area contributed by atoms with Crippen LogP contribution in [-0.4, -0.2) is 27.4 Å². The standard InChI is InChI=1S/C10H23NO2Si/c1-6-10(11)14(9(4)5,12-7-2)13-8-3/h10H,4,6-8,11H2,1-3,5H3. The highest BCUT2D eigenvalue weighted by molar-refractivity contribution is 6.76. The Bertz CT molecular complexity index is 179. The third-order valence-corrected chi connectivity index (χ3v) is 6.25. The number of nitrogens with two attached hydrogens (primary N) is 1. The summed E-state index contributed by atoms with van der Waals surface area (Å²) in [5.74, 6) is 0. The Morgan fingerprint density at radius 3 is 1.93 bits per heavy atom. The Labute approximate surface area is 88.5 Å². The summed E-state index contributed by atoms with van der Waals surface area (Å²) in [6, 6.07) is 0. The lowest BCUT2D eigenvalue weighted by atomic mass is 10.5. The Balaban J connectivity index is 4.82. The fourth-order valence-corrected chi connectivity index (χ4v) is 4.55. The SMILES string of the molecule is C=C(C)[Si](OCC)(OCC)C(N)CC.